The SMILES string of the molecule is NC(=S)c1ccc(F)c(CN2C(=O)Cc3ccccc32)c1. The van der Waals surface area contributed by atoms with Crippen molar-refractivity contribution in [3.05, 3.63) is 65.0 Å². The van der Waals surface area contributed by atoms with Gasteiger partial charge in [0.05, 0.1) is 13.0 Å². The second kappa shape index (κ2) is 5.26. The lowest BCUT2D eigenvalue weighted by atomic mass is 10.1. The molecule has 0 radical (unpaired) electrons. The first-order valence-electron chi connectivity index (χ1n) is 6.53. The third kappa shape index (κ3) is 2.52. The number of nitrogens with two attached hydrogens (primary N) is 1. The van der Waals surface area contributed by atoms with Gasteiger partial charge in [-0.1, -0.05) is 30.4 Å². The lowest BCUT2D eigenvalue weighted by Crippen LogP contribution is -2.26. The molecule has 3 rings (SSSR count). The Kier molecular flexibility index (Phi) is 3.43. The Labute approximate surface area is 127 Å². The second-order valence-corrected chi connectivity index (χ2v) is 5.40. The summed E-state index contributed by atoms with van der Waals surface area (Å²) in [5, 5.41) is 0. The van der Waals surface area contributed by atoms with Gasteiger partial charge in [0.1, 0.15) is 10.8 Å². The Morgan fingerprint density at radius 2 is 2.05 bits per heavy atom. The van der Waals surface area contributed by atoms with E-state index in [0.29, 0.717) is 17.5 Å². The van der Waals surface area contributed by atoms with Crippen molar-refractivity contribution in [2.75, 3.05) is 4.90 Å². The smallest absolute Gasteiger partial charge is 0.231 e. The van der Waals surface area contributed by atoms with Crippen molar-refractivity contribution < 1.29 is 9.18 Å². The van der Waals surface area contributed by atoms with Crippen LogP contribution in [0.25, 0.3) is 0 Å². The molecular formula is C16H13FN2OS. The molecule has 2 aromatic rings. The summed E-state index contributed by atoms with van der Waals surface area (Å²) in [6.07, 6.45) is 0.354. The van der Waals surface area contributed by atoms with E-state index in [2.05, 4.69) is 0 Å². The molecule has 1 aliphatic heterocycles. The number of carbonyl (C=O) groups excluding carboxylic acids is 1. The van der Waals surface area contributed by atoms with Crippen molar-refractivity contribution >= 4 is 28.8 Å². The van der Waals surface area contributed by atoms with Gasteiger partial charge in [-0.2, -0.15) is 0 Å². The van der Waals surface area contributed by atoms with Gasteiger partial charge in [0.15, 0.2) is 0 Å². The molecule has 2 aromatic carbocycles. The molecule has 0 aromatic heterocycles. The van der Waals surface area contributed by atoms with Gasteiger partial charge in [-0.05, 0) is 29.8 Å². The molecule has 1 heterocycles. The van der Waals surface area contributed by atoms with Crippen molar-refractivity contribution in [3.8, 4) is 0 Å². The quantitative estimate of drug-likeness (QED) is 0.886. The number of halogens is 1. The van der Waals surface area contributed by atoms with E-state index in [-0.39, 0.29) is 23.3 Å². The molecule has 0 aliphatic carbocycles. The first-order chi connectivity index (χ1) is 10.1. The van der Waals surface area contributed by atoms with E-state index in [9.17, 15) is 9.18 Å². The van der Waals surface area contributed by atoms with Crippen LogP contribution in [-0.2, 0) is 17.8 Å². The summed E-state index contributed by atoms with van der Waals surface area (Å²) in [5.74, 6) is -0.400. The third-order valence-corrected chi connectivity index (χ3v) is 3.82. The molecule has 0 fully saturated rings. The number of benzene rings is 2. The number of rotatable bonds is 3. The minimum Gasteiger partial charge on any atom is -0.389 e. The predicted octanol–water partition coefficient (Wildman–Crippen LogP) is 2.55. The van der Waals surface area contributed by atoms with Crippen LogP contribution in [0.1, 0.15) is 16.7 Å². The summed E-state index contributed by atoms with van der Waals surface area (Å²) in [4.78, 5) is 13.9. The Hall–Kier alpha value is -2.27. The van der Waals surface area contributed by atoms with Crippen LogP contribution >= 0.6 is 12.2 Å². The van der Waals surface area contributed by atoms with E-state index in [4.69, 9.17) is 18.0 Å². The minimum absolute atomic E-state index is 0.0312. The zero-order chi connectivity index (χ0) is 15.0. The Bertz CT molecular complexity index is 745. The van der Waals surface area contributed by atoms with Gasteiger partial charge in [-0.25, -0.2) is 4.39 Å². The van der Waals surface area contributed by atoms with Crippen LogP contribution in [0, 0.1) is 5.82 Å². The summed E-state index contributed by atoms with van der Waals surface area (Å²) in [6.45, 7) is 0.179. The monoisotopic (exact) mass is 300 g/mol. The average Bonchev–Trinajstić information content (AvgIpc) is 2.77. The molecule has 3 nitrogen and oxygen atoms in total. The summed E-state index contributed by atoms with van der Waals surface area (Å²) in [7, 11) is 0. The largest absolute Gasteiger partial charge is 0.389 e. The topological polar surface area (TPSA) is 46.3 Å². The molecule has 106 valence electrons. The fraction of sp³-hybridized carbons (Fsp3) is 0.125. The fourth-order valence-corrected chi connectivity index (χ4v) is 2.64. The second-order valence-electron chi connectivity index (χ2n) is 4.96. The number of fused-ring (bicyclic) bond motifs is 1. The maximum absolute atomic E-state index is 14.0. The molecule has 0 spiro atoms. The van der Waals surface area contributed by atoms with Crippen LogP contribution in [0.5, 0.6) is 0 Å². The number of para-hydroxylation sites is 1. The van der Waals surface area contributed by atoms with Crippen molar-refractivity contribution in [1.29, 1.82) is 0 Å². The molecule has 0 saturated carbocycles. The van der Waals surface area contributed by atoms with E-state index in [1.165, 1.54) is 6.07 Å². The minimum atomic E-state index is -0.368. The van der Waals surface area contributed by atoms with Crippen LogP contribution in [0.15, 0.2) is 42.5 Å². The van der Waals surface area contributed by atoms with Gasteiger partial charge in [0, 0.05) is 16.8 Å². The number of hydrogen-bond donors (Lipinski definition) is 1. The summed E-state index contributed by atoms with van der Waals surface area (Å²) >= 11 is 4.91. The Morgan fingerprint density at radius 1 is 1.29 bits per heavy atom. The molecule has 21 heavy (non-hydrogen) atoms. The zero-order valence-electron chi connectivity index (χ0n) is 11.2. The van der Waals surface area contributed by atoms with E-state index in [1.54, 1.807) is 17.0 Å². The molecule has 5 heteroatoms. The average molecular weight is 300 g/mol. The molecule has 2 N–H and O–H groups in total. The van der Waals surface area contributed by atoms with Gasteiger partial charge in [0.2, 0.25) is 5.91 Å². The summed E-state index contributed by atoms with van der Waals surface area (Å²) in [5.41, 5.74) is 8.38. The fourth-order valence-electron chi connectivity index (χ4n) is 2.51. The highest BCUT2D eigenvalue weighted by molar-refractivity contribution is 7.80. The van der Waals surface area contributed by atoms with Crippen molar-refractivity contribution in [1.82, 2.24) is 0 Å². The van der Waals surface area contributed by atoms with Crippen LogP contribution in [0.3, 0.4) is 0 Å². The first kappa shape index (κ1) is 13.7. The van der Waals surface area contributed by atoms with Gasteiger partial charge in [-0.3, -0.25) is 4.79 Å². The van der Waals surface area contributed by atoms with Crippen LogP contribution < -0.4 is 10.6 Å². The Balaban J connectivity index is 1.96. The highest BCUT2D eigenvalue weighted by atomic mass is 32.1. The number of nitrogens with zero attached hydrogens (tertiary/aromatic N) is 1. The maximum Gasteiger partial charge on any atom is 0.231 e. The van der Waals surface area contributed by atoms with E-state index in [1.807, 2.05) is 24.3 Å². The summed E-state index contributed by atoms with van der Waals surface area (Å²) in [6, 6.07) is 12.0. The number of hydrogen-bond acceptors (Lipinski definition) is 2. The van der Waals surface area contributed by atoms with E-state index in [0.717, 1.165) is 11.3 Å². The molecule has 1 amide bonds. The molecule has 0 saturated heterocycles. The molecular weight excluding hydrogens is 287 g/mol. The van der Waals surface area contributed by atoms with Gasteiger partial charge >= 0.3 is 0 Å². The Morgan fingerprint density at radius 3 is 2.81 bits per heavy atom. The maximum atomic E-state index is 14.0. The van der Waals surface area contributed by atoms with Gasteiger partial charge in [0.25, 0.3) is 0 Å². The molecule has 0 unspecified atom stereocenters. The van der Waals surface area contributed by atoms with Crippen molar-refractivity contribution in [2.24, 2.45) is 5.73 Å². The van der Waals surface area contributed by atoms with Crippen molar-refractivity contribution in [3.63, 3.8) is 0 Å². The zero-order valence-corrected chi connectivity index (χ0v) is 12.0. The standard InChI is InChI=1S/C16H13FN2OS/c17-13-6-5-11(16(18)21)7-12(13)9-19-14-4-2-1-3-10(14)8-15(19)20/h1-7H,8-9H2,(H2,18,21). The molecule has 0 bridgehead atoms. The highest BCUT2D eigenvalue weighted by Crippen LogP contribution is 2.30. The van der Waals surface area contributed by atoms with Crippen molar-refractivity contribution in [2.45, 2.75) is 13.0 Å². The van der Waals surface area contributed by atoms with E-state index >= 15 is 0 Å². The van der Waals surface area contributed by atoms with Crippen LogP contribution in [-0.4, -0.2) is 10.9 Å². The molecule has 0 atom stereocenters. The first-order valence-corrected chi connectivity index (χ1v) is 6.93. The van der Waals surface area contributed by atoms with Gasteiger partial charge in [-0.15, -0.1) is 0 Å². The van der Waals surface area contributed by atoms with E-state index < -0.39 is 0 Å². The van der Waals surface area contributed by atoms with Crippen LogP contribution in [0.2, 0.25) is 0 Å². The predicted molar refractivity (Wildman–Crippen MR) is 83.6 cm³/mol. The van der Waals surface area contributed by atoms with Crippen LogP contribution in [0.4, 0.5) is 10.1 Å². The summed E-state index contributed by atoms with van der Waals surface area (Å²) < 4.78 is 14.0. The normalized spacial score (nSPS) is 13.4. The number of anilines is 1. The third-order valence-electron chi connectivity index (χ3n) is 3.58. The van der Waals surface area contributed by atoms with Gasteiger partial charge < -0.3 is 10.6 Å². The lowest BCUT2D eigenvalue weighted by Gasteiger charge is -2.18. The highest BCUT2D eigenvalue weighted by Gasteiger charge is 2.27. The number of amides is 1. The molecule has 1 aliphatic rings. The lowest BCUT2D eigenvalue weighted by molar-refractivity contribution is -0.117. The number of thiocarbonyl (C=S) groups is 1. The number of carbonyl (C=O) groups is 1.